The number of methoxy groups -OCH3 is 1. The molecule has 0 bridgehead atoms. The molecule has 1 saturated carbocycles. The Kier molecular flexibility index (Phi) is 6.25. The number of carbonyl (C=O) groups excluding carboxylic acids is 2. The summed E-state index contributed by atoms with van der Waals surface area (Å²) in [5, 5.41) is 0. The van der Waals surface area contributed by atoms with Crippen molar-refractivity contribution in [2.45, 2.75) is 32.1 Å². The molecule has 0 unspecified atom stereocenters. The van der Waals surface area contributed by atoms with Crippen LogP contribution in [0, 0.1) is 5.92 Å². The molecular formula is C17H23NO4. The molecule has 5 heteroatoms. The van der Waals surface area contributed by atoms with Gasteiger partial charge in [0.25, 0.3) is 0 Å². The third kappa shape index (κ3) is 4.76. The zero-order valence-electron chi connectivity index (χ0n) is 13.0. The summed E-state index contributed by atoms with van der Waals surface area (Å²) < 4.78 is 10.0. The summed E-state index contributed by atoms with van der Waals surface area (Å²) in [4.78, 5) is 25.3. The minimum Gasteiger partial charge on any atom is -0.453 e. The molecule has 0 radical (unpaired) electrons. The van der Waals surface area contributed by atoms with Crippen LogP contribution in [0.4, 0.5) is 4.79 Å². The Hall–Kier alpha value is -2.04. The quantitative estimate of drug-likeness (QED) is 0.617. The van der Waals surface area contributed by atoms with Crippen molar-refractivity contribution in [3.8, 4) is 0 Å². The number of hydrogen-bond acceptors (Lipinski definition) is 4. The number of nitrogens with zero attached hydrogens (tertiary/aromatic N) is 1. The van der Waals surface area contributed by atoms with Crippen LogP contribution >= 0.6 is 0 Å². The van der Waals surface area contributed by atoms with E-state index in [0.717, 1.165) is 12.8 Å². The van der Waals surface area contributed by atoms with E-state index in [0.29, 0.717) is 18.0 Å². The standard InChI is InChI=1S/C17H23NO4/c1-21-17(20)18(12-14-8-4-2-5-9-14)13-22-16(19)15-10-6-3-7-11-15/h3,6-7,10-11,14H,2,4-5,8-9,12-13H2,1H3. The van der Waals surface area contributed by atoms with E-state index in [1.807, 2.05) is 6.07 Å². The van der Waals surface area contributed by atoms with E-state index < -0.39 is 12.1 Å². The van der Waals surface area contributed by atoms with Gasteiger partial charge in [-0.3, -0.25) is 4.90 Å². The maximum absolute atomic E-state index is 12.0. The molecule has 0 heterocycles. The zero-order chi connectivity index (χ0) is 15.8. The molecule has 0 aromatic heterocycles. The monoisotopic (exact) mass is 305 g/mol. The smallest absolute Gasteiger partial charge is 0.412 e. The second-order valence-electron chi connectivity index (χ2n) is 5.62. The number of ether oxygens (including phenoxy) is 2. The molecule has 1 aliphatic rings. The van der Waals surface area contributed by atoms with Crippen LogP contribution in [-0.4, -0.2) is 37.3 Å². The minimum absolute atomic E-state index is 0.0725. The average Bonchev–Trinajstić information content (AvgIpc) is 2.59. The molecule has 0 spiro atoms. The van der Waals surface area contributed by atoms with Crippen molar-refractivity contribution in [1.29, 1.82) is 0 Å². The van der Waals surface area contributed by atoms with E-state index in [9.17, 15) is 9.59 Å². The maximum atomic E-state index is 12.0. The second kappa shape index (κ2) is 8.41. The van der Waals surface area contributed by atoms with E-state index >= 15 is 0 Å². The molecule has 1 fully saturated rings. The largest absolute Gasteiger partial charge is 0.453 e. The van der Waals surface area contributed by atoms with Crippen molar-refractivity contribution in [3.63, 3.8) is 0 Å². The highest BCUT2D eigenvalue weighted by molar-refractivity contribution is 5.89. The Bertz CT molecular complexity index is 483. The van der Waals surface area contributed by atoms with Crippen molar-refractivity contribution in [2.75, 3.05) is 20.4 Å². The lowest BCUT2D eigenvalue weighted by molar-refractivity contribution is 0.0163. The van der Waals surface area contributed by atoms with Crippen molar-refractivity contribution >= 4 is 12.1 Å². The predicted molar refractivity (Wildman–Crippen MR) is 82.4 cm³/mol. The molecule has 0 saturated heterocycles. The molecule has 2 rings (SSSR count). The summed E-state index contributed by atoms with van der Waals surface area (Å²) >= 11 is 0. The average molecular weight is 305 g/mol. The molecule has 1 aliphatic carbocycles. The van der Waals surface area contributed by atoms with Crippen molar-refractivity contribution in [1.82, 2.24) is 4.90 Å². The van der Waals surface area contributed by atoms with Crippen LogP contribution in [0.15, 0.2) is 30.3 Å². The van der Waals surface area contributed by atoms with Crippen LogP contribution in [0.2, 0.25) is 0 Å². The van der Waals surface area contributed by atoms with Crippen LogP contribution in [0.1, 0.15) is 42.5 Å². The van der Waals surface area contributed by atoms with Gasteiger partial charge in [0.05, 0.1) is 12.7 Å². The molecule has 1 aromatic rings. The lowest BCUT2D eigenvalue weighted by atomic mass is 9.89. The first-order valence-corrected chi connectivity index (χ1v) is 7.75. The summed E-state index contributed by atoms with van der Waals surface area (Å²) in [6, 6.07) is 8.76. The minimum atomic E-state index is -0.452. The van der Waals surface area contributed by atoms with E-state index in [4.69, 9.17) is 9.47 Å². The molecule has 0 aliphatic heterocycles. The number of carbonyl (C=O) groups is 2. The van der Waals surface area contributed by atoms with Gasteiger partial charge in [-0.05, 0) is 30.9 Å². The van der Waals surface area contributed by atoms with E-state index in [1.54, 1.807) is 24.3 Å². The molecule has 1 aromatic carbocycles. The van der Waals surface area contributed by atoms with Crippen molar-refractivity contribution in [3.05, 3.63) is 35.9 Å². The SMILES string of the molecule is COC(=O)N(COC(=O)c1ccccc1)CC1CCCCC1. The van der Waals surface area contributed by atoms with Gasteiger partial charge in [-0.25, -0.2) is 9.59 Å². The Morgan fingerprint density at radius 3 is 2.45 bits per heavy atom. The van der Waals surface area contributed by atoms with Crippen molar-refractivity contribution in [2.24, 2.45) is 5.92 Å². The van der Waals surface area contributed by atoms with Crippen molar-refractivity contribution < 1.29 is 19.1 Å². The third-order valence-electron chi connectivity index (χ3n) is 4.00. The molecule has 0 N–H and O–H groups in total. The molecule has 120 valence electrons. The van der Waals surface area contributed by atoms with Gasteiger partial charge < -0.3 is 9.47 Å². The van der Waals surface area contributed by atoms with Gasteiger partial charge in [0.15, 0.2) is 6.73 Å². The molecule has 5 nitrogen and oxygen atoms in total. The first-order valence-electron chi connectivity index (χ1n) is 7.75. The normalized spacial score (nSPS) is 15.1. The van der Waals surface area contributed by atoms with Gasteiger partial charge in [0.1, 0.15) is 0 Å². The fraction of sp³-hybridized carbons (Fsp3) is 0.529. The molecule has 1 amide bonds. The zero-order valence-corrected chi connectivity index (χ0v) is 13.0. The molecule has 22 heavy (non-hydrogen) atoms. The number of hydrogen-bond donors (Lipinski definition) is 0. The summed E-state index contributed by atoms with van der Waals surface area (Å²) in [7, 11) is 1.34. The molecule has 0 atom stereocenters. The second-order valence-corrected chi connectivity index (χ2v) is 5.62. The van der Waals surface area contributed by atoms with Gasteiger partial charge in [-0.2, -0.15) is 0 Å². The topological polar surface area (TPSA) is 55.8 Å². The lowest BCUT2D eigenvalue weighted by Gasteiger charge is -2.28. The summed E-state index contributed by atoms with van der Waals surface area (Å²) in [5.74, 6) is 0.0291. The van der Waals surface area contributed by atoms with E-state index in [2.05, 4.69) is 0 Å². The first-order chi connectivity index (χ1) is 10.7. The summed E-state index contributed by atoms with van der Waals surface area (Å²) in [6.45, 7) is 0.506. The summed E-state index contributed by atoms with van der Waals surface area (Å²) in [5.41, 5.74) is 0.477. The fourth-order valence-electron chi connectivity index (χ4n) is 2.78. The number of benzene rings is 1. The Morgan fingerprint density at radius 2 is 1.82 bits per heavy atom. The van der Waals surface area contributed by atoms with E-state index in [1.165, 1.54) is 31.3 Å². The lowest BCUT2D eigenvalue weighted by Crippen LogP contribution is -2.38. The number of amides is 1. The molecular weight excluding hydrogens is 282 g/mol. The van der Waals surface area contributed by atoms with Crippen LogP contribution in [0.5, 0.6) is 0 Å². The van der Waals surface area contributed by atoms with Crippen LogP contribution in [0.3, 0.4) is 0 Å². The highest BCUT2D eigenvalue weighted by atomic mass is 16.6. The van der Waals surface area contributed by atoms with Gasteiger partial charge >= 0.3 is 12.1 Å². The Labute approximate surface area is 131 Å². The highest BCUT2D eigenvalue weighted by Crippen LogP contribution is 2.24. The van der Waals surface area contributed by atoms with E-state index in [-0.39, 0.29) is 6.73 Å². The third-order valence-corrected chi connectivity index (χ3v) is 4.00. The Morgan fingerprint density at radius 1 is 1.14 bits per heavy atom. The fourth-order valence-corrected chi connectivity index (χ4v) is 2.78. The van der Waals surface area contributed by atoms with Gasteiger partial charge in [0.2, 0.25) is 0 Å². The Balaban J connectivity index is 1.89. The van der Waals surface area contributed by atoms with Crippen LogP contribution in [0.25, 0.3) is 0 Å². The summed E-state index contributed by atoms with van der Waals surface area (Å²) in [6.07, 6.45) is 5.43. The first kappa shape index (κ1) is 16.3. The number of esters is 1. The predicted octanol–water partition coefficient (Wildman–Crippen LogP) is 3.45. The highest BCUT2D eigenvalue weighted by Gasteiger charge is 2.22. The van der Waals surface area contributed by atoms with Gasteiger partial charge in [0, 0.05) is 6.54 Å². The van der Waals surface area contributed by atoms with Gasteiger partial charge in [-0.1, -0.05) is 37.5 Å². The van der Waals surface area contributed by atoms with Crippen LogP contribution in [-0.2, 0) is 9.47 Å². The number of rotatable bonds is 5. The van der Waals surface area contributed by atoms with Gasteiger partial charge in [-0.15, -0.1) is 0 Å². The maximum Gasteiger partial charge on any atom is 0.412 e. The van der Waals surface area contributed by atoms with Crippen LogP contribution < -0.4 is 0 Å².